The second-order valence-electron chi connectivity index (χ2n) is 5.75. The lowest BCUT2D eigenvalue weighted by Crippen LogP contribution is -2.36. The van der Waals surface area contributed by atoms with Crippen LogP contribution in [0.4, 0.5) is 0 Å². The largest absolute Gasteiger partial charge is 0.383 e. The summed E-state index contributed by atoms with van der Waals surface area (Å²) in [4.78, 5) is 24.4. The van der Waals surface area contributed by atoms with Gasteiger partial charge in [0, 0.05) is 25.3 Å². The molecule has 3 rings (SSSR count). The van der Waals surface area contributed by atoms with Crippen LogP contribution in [0.25, 0.3) is 0 Å². The predicted octanol–water partition coefficient (Wildman–Crippen LogP) is -0.00900. The zero-order valence-electron chi connectivity index (χ0n) is 13.6. The van der Waals surface area contributed by atoms with Crippen molar-refractivity contribution < 1.29 is 22.7 Å². The van der Waals surface area contributed by atoms with Crippen LogP contribution in [0.5, 0.6) is 0 Å². The molecule has 0 saturated carbocycles. The molecule has 2 heterocycles. The average Bonchev–Trinajstić information content (AvgIpc) is 3.12. The maximum atomic E-state index is 12.5. The third-order valence-electron chi connectivity index (χ3n) is 4.16. The van der Waals surface area contributed by atoms with Gasteiger partial charge in [0.15, 0.2) is 0 Å². The van der Waals surface area contributed by atoms with E-state index in [0.29, 0.717) is 6.54 Å². The fourth-order valence-electron chi connectivity index (χ4n) is 2.86. The Hall–Kier alpha value is -1.68. The van der Waals surface area contributed by atoms with Crippen LogP contribution < -0.4 is 10.6 Å². The molecule has 0 aromatic heterocycles. The highest BCUT2D eigenvalue weighted by molar-refractivity contribution is 7.90. The summed E-state index contributed by atoms with van der Waals surface area (Å²) >= 11 is 0. The van der Waals surface area contributed by atoms with Crippen LogP contribution in [-0.4, -0.2) is 63.9 Å². The van der Waals surface area contributed by atoms with Gasteiger partial charge in [0.05, 0.1) is 18.7 Å². The van der Waals surface area contributed by atoms with E-state index in [1.54, 1.807) is 0 Å². The molecule has 0 radical (unpaired) electrons. The van der Waals surface area contributed by atoms with Gasteiger partial charge in [-0.05, 0) is 31.2 Å². The molecule has 25 heavy (non-hydrogen) atoms. The van der Waals surface area contributed by atoms with E-state index in [1.807, 2.05) is 0 Å². The fraction of sp³-hybridized carbons (Fsp3) is 0.467. The molecule has 8 nitrogen and oxygen atoms in total. The SMILES string of the molecule is COCCN1C(=O)c2ccc(C(=O)NC3CCNC3)cc2S1(=O)=O.Cl. The number of benzene rings is 1. The highest BCUT2D eigenvalue weighted by Crippen LogP contribution is 2.30. The van der Waals surface area contributed by atoms with Gasteiger partial charge in [-0.25, -0.2) is 12.7 Å². The molecule has 1 aromatic rings. The highest BCUT2D eigenvalue weighted by atomic mass is 35.5. The van der Waals surface area contributed by atoms with Gasteiger partial charge in [-0.1, -0.05) is 0 Å². The molecule has 1 unspecified atom stereocenters. The molecule has 0 bridgehead atoms. The molecule has 1 fully saturated rings. The van der Waals surface area contributed by atoms with Crippen LogP contribution in [0, 0.1) is 0 Å². The quantitative estimate of drug-likeness (QED) is 0.734. The summed E-state index contributed by atoms with van der Waals surface area (Å²) in [6.45, 7) is 1.59. The van der Waals surface area contributed by atoms with Crippen LogP contribution in [0.2, 0.25) is 0 Å². The van der Waals surface area contributed by atoms with Crippen molar-refractivity contribution in [3.8, 4) is 0 Å². The number of methoxy groups -OCH3 is 1. The number of carbonyl (C=O) groups is 2. The van der Waals surface area contributed by atoms with Crippen LogP contribution in [0.3, 0.4) is 0 Å². The Morgan fingerprint density at radius 3 is 2.84 bits per heavy atom. The molecule has 1 saturated heterocycles. The van der Waals surface area contributed by atoms with E-state index in [4.69, 9.17) is 4.74 Å². The number of amides is 2. The highest BCUT2D eigenvalue weighted by Gasteiger charge is 2.41. The first-order valence-electron chi connectivity index (χ1n) is 7.67. The predicted molar refractivity (Wildman–Crippen MR) is 92.5 cm³/mol. The zero-order valence-corrected chi connectivity index (χ0v) is 15.3. The van der Waals surface area contributed by atoms with E-state index < -0.39 is 15.9 Å². The Morgan fingerprint density at radius 2 is 2.20 bits per heavy atom. The van der Waals surface area contributed by atoms with Crippen molar-refractivity contribution in [2.45, 2.75) is 17.4 Å². The maximum Gasteiger partial charge on any atom is 0.269 e. The second-order valence-corrected chi connectivity index (χ2v) is 7.58. The molecule has 1 atom stereocenters. The Balaban J connectivity index is 0.00000225. The van der Waals surface area contributed by atoms with E-state index in [2.05, 4.69) is 10.6 Å². The van der Waals surface area contributed by atoms with Crippen molar-refractivity contribution in [1.29, 1.82) is 0 Å². The minimum absolute atomic E-state index is 0. The zero-order chi connectivity index (χ0) is 17.3. The number of halogens is 1. The summed E-state index contributed by atoms with van der Waals surface area (Å²) in [6, 6.07) is 4.17. The summed E-state index contributed by atoms with van der Waals surface area (Å²) in [5.74, 6) is -0.932. The van der Waals surface area contributed by atoms with Gasteiger partial charge in [0.25, 0.3) is 21.8 Å². The van der Waals surface area contributed by atoms with Crippen molar-refractivity contribution in [1.82, 2.24) is 14.9 Å². The first kappa shape index (κ1) is 19.6. The Labute approximate surface area is 152 Å². The van der Waals surface area contributed by atoms with Crippen LogP contribution >= 0.6 is 12.4 Å². The van der Waals surface area contributed by atoms with Crippen molar-refractivity contribution in [2.24, 2.45) is 0 Å². The number of fused-ring (bicyclic) bond motifs is 1. The van der Waals surface area contributed by atoms with E-state index in [-0.39, 0.29) is 53.5 Å². The van der Waals surface area contributed by atoms with Gasteiger partial charge in [0.2, 0.25) is 0 Å². The summed E-state index contributed by atoms with van der Waals surface area (Å²) < 4.78 is 30.7. The van der Waals surface area contributed by atoms with Gasteiger partial charge in [0.1, 0.15) is 4.90 Å². The van der Waals surface area contributed by atoms with Crippen molar-refractivity contribution in [3.63, 3.8) is 0 Å². The third kappa shape index (κ3) is 3.64. The molecular formula is C15H20ClN3O5S. The lowest BCUT2D eigenvalue weighted by molar-refractivity contribution is 0.0835. The Bertz CT molecular complexity index is 777. The average molecular weight is 390 g/mol. The fourth-order valence-corrected chi connectivity index (χ4v) is 4.44. The molecule has 2 N–H and O–H groups in total. The molecule has 0 spiro atoms. The molecule has 2 aliphatic heterocycles. The molecule has 2 amide bonds. The Kier molecular flexibility index (Phi) is 6.04. The van der Waals surface area contributed by atoms with E-state index in [1.165, 1.54) is 25.3 Å². The lowest BCUT2D eigenvalue weighted by atomic mass is 10.1. The molecule has 138 valence electrons. The van der Waals surface area contributed by atoms with Gasteiger partial charge < -0.3 is 15.4 Å². The number of hydrogen-bond donors (Lipinski definition) is 2. The minimum Gasteiger partial charge on any atom is -0.383 e. The van der Waals surface area contributed by atoms with Crippen LogP contribution in [0.1, 0.15) is 27.1 Å². The van der Waals surface area contributed by atoms with Gasteiger partial charge >= 0.3 is 0 Å². The number of sulfonamides is 1. The van der Waals surface area contributed by atoms with Crippen LogP contribution in [-0.2, 0) is 14.8 Å². The number of rotatable bonds is 5. The van der Waals surface area contributed by atoms with E-state index in [0.717, 1.165) is 17.3 Å². The van der Waals surface area contributed by atoms with Crippen LogP contribution in [0.15, 0.2) is 23.1 Å². The van der Waals surface area contributed by atoms with Crippen molar-refractivity contribution in [3.05, 3.63) is 29.3 Å². The summed E-state index contributed by atoms with van der Waals surface area (Å²) in [5.41, 5.74) is 0.316. The van der Waals surface area contributed by atoms with Gasteiger partial charge in [-0.2, -0.15) is 0 Å². The molecular weight excluding hydrogens is 370 g/mol. The molecule has 1 aromatic carbocycles. The lowest BCUT2D eigenvalue weighted by Gasteiger charge is -2.14. The van der Waals surface area contributed by atoms with Gasteiger partial charge in [-0.15, -0.1) is 12.4 Å². The summed E-state index contributed by atoms with van der Waals surface area (Å²) in [5, 5.41) is 6.00. The van der Waals surface area contributed by atoms with Crippen molar-refractivity contribution >= 4 is 34.2 Å². The standard InChI is InChI=1S/C15H19N3O5S.ClH/c1-23-7-6-18-15(20)12-3-2-10(8-13(12)24(18,21)22)14(19)17-11-4-5-16-9-11;/h2-3,8,11,16H,4-7,9H2,1H3,(H,17,19);1H. The normalized spacial score (nSPS) is 20.9. The number of hydrogen-bond acceptors (Lipinski definition) is 6. The summed E-state index contributed by atoms with van der Waals surface area (Å²) in [6.07, 6.45) is 0.832. The van der Waals surface area contributed by atoms with Gasteiger partial charge in [-0.3, -0.25) is 9.59 Å². The first-order valence-corrected chi connectivity index (χ1v) is 9.11. The number of nitrogens with zero attached hydrogens (tertiary/aromatic N) is 1. The number of carbonyl (C=O) groups excluding carboxylic acids is 2. The monoisotopic (exact) mass is 389 g/mol. The second kappa shape index (κ2) is 7.69. The minimum atomic E-state index is -3.94. The molecule has 2 aliphatic rings. The number of ether oxygens (including phenoxy) is 1. The third-order valence-corrected chi connectivity index (χ3v) is 5.99. The first-order chi connectivity index (χ1) is 11.4. The van der Waals surface area contributed by atoms with Crippen molar-refractivity contribution in [2.75, 3.05) is 33.4 Å². The molecule has 0 aliphatic carbocycles. The molecule has 10 heteroatoms. The van der Waals surface area contributed by atoms with E-state index in [9.17, 15) is 18.0 Å². The summed E-state index contributed by atoms with van der Waals surface area (Å²) in [7, 11) is -2.51. The van der Waals surface area contributed by atoms with E-state index >= 15 is 0 Å². The number of nitrogens with one attached hydrogen (secondary N) is 2. The maximum absolute atomic E-state index is 12.5. The Morgan fingerprint density at radius 1 is 1.44 bits per heavy atom. The topological polar surface area (TPSA) is 105 Å². The smallest absolute Gasteiger partial charge is 0.269 e.